The molecule has 112 valence electrons. The standard InChI is InChI=1S/C15H23ClN2O2/c16-13-3-1-12(2-4-13)15(11-17)18-7-5-14(6-8-18)20-10-9-19/h1-4,14-15,19H,5-11,17H2. The smallest absolute Gasteiger partial charge is 0.0701 e. The fraction of sp³-hybridized carbons (Fsp3) is 0.600. The number of piperidine rings is 1. The summed E-state index contributed by atoms with van der Waals surface area (Å²) < 4.78 is 5.59. The molecule has 20 heavy (non-hydrogen) atoms. The van der Waals surface area contributed by atoms with Crippen molar-refractivity contribution in [2.45, 2.75) is 25.0 Å². The molecule has 5 heteroatoms. The van der Waals surface area contributed by atoms with Gasteiger partial charge in [-0.3, -0.25) is 4.90 Å². The molecule has 1 saturated heterocycles. The molecule has 1 fully saturated rings. The molecule has 0 saturated carbocycles. The van der Waals surface area contributed by atoms with Crippen LogP contribution in [0.15, 0.2) is 24.3 Å². The monoisotopic (exact) mass is 298 g/mol. The number of nitrogens with two attached hydrogens (primary N) is 1. The van der Waals surface area contributed by atoms with Crippen molar-refractivity contribution in [3.8, 4) is 0 Å². The number of ether oxygens (including phenoxy) is 1. The van der Waals surface area contributed by atoms with Crippen molar-refractivity contribution >= 4 is 11.6 Å². The van der Waals surface area contributed by atoms with Crippen molar-refractivity contribution < 1.29 is 9.84 Å². The number of rotatable bonds is 6. The molecular formula is C15H23ClN2O2. The van der Waals surface area contributed by atoms with Crippen LogP contribution in [0.1, 0.15) is 24.4 Å². The van der Waals surface area contributed by atoms with Gasteiger partial charge < -0.3 is 15.6 Å². The van der Waals surface area contributed by atoms with E-state index in [4.69, 9.17) is 27.2 Å². The summed E-state index contributed by atoms with van der Waals surface area (Å²) in [6, 6.07) is 8.17. The van der Waals surface area contributed by atoms with Crippen LogP contribution in [0.4, 0.5) is 0 Å². The Kier molecular flexibility index (Phi) is 6.26. The summed E-state index contributed by atoms with van der Waals surface area (Å²) in [4.78, 5) is 2.40. The SMILES string of the molecule is NCC(c1ccc(Cl)cc1)N1CCC(OCCO)CC1. The third kappa shape index (κ3) is 4.17. The number of nitrogens with zero attached hydrogens (tertiary/aromatic N) is 1. The van der Waals surface area contributed by atoms with E-state index in [1.54, 1.807) is 0 Å². The van der Waals surface area contributed by atoms with Crippen molar-refractivity contribution in [3.05, 3.63) is 34.9 Å². The lowest BCUT2D eigenvalue weighted by Crippen LogP contribution is -2.42. The van der Waals surface area contributed by atoms with Crippen LogP contribution < -0.4 is 5.73 Å². The maximum Gasteiger partial charge on any atom is 0.0701 e. The van der Waals surface area contributed by atoms with Gasteiger partial charge in [0.1, 0.15) is 0 Å². The van der Waals surface area contributed by atoms with Gasteiger partial charge in [0.05, 0.1) is 19.3 Å². The second-order valence-electron chi connectivity index (χ2n) is 5.13. The molecule has 0 bridgehead atoms. The molecule has 1 aromatic carbocycles. The molecule has 4 nitrogen and oxygen atoms in total. The Balaban J connectivity index is 1.91. The molecule has 2 rings (SSSR count). The highest BCUT2D eigenvalue weighted by atomic mass is 35.5. The average Bonchev–Trinajstić information content (AvgIpc) is 2.49. The van der Waals surface area contributed by atoms with E-state index in [0.29, 0.717) is 13.2 Å². The number of hydrogen-bond acceptors (Lipinski definition) is 4. The molecule has 0 radical (unpaired) electrons. The van der Waals surface area contributed by atoms with E-state index in [-0.39, 0.29) is 18.8 Å². The van der Waals surface area contributed by atoms with Crippen molar-refractivity contribution in [1.29, 1.82) is 0 Å². The van der Waals surface area contributed by atoms with Crippen molar-refractivity contribution in [2.24, 2.45) is 5.73 Å². The van der Waals surface area contributed by atoms with Gasteiger partial charge in [0.15, 0.2) is 0 Å². The lowest BCUT2D eigenvalue weighted by molar-refractivity contribution is -0.0148. The molecule has 0 aliphatic carbocycles. The molecule has 1 atom stereocenters. The van der Waals surface area contributed by atoms with Crippen LogP contribution in [-0.2, 0) is 4.74 Å². The first-order chi connectivity index (χ1) is 9.74. The van der Waals surface area contributed by atoms with Crippen molar-refractivity contribution in [2.75, 3.05) is 32.8 Å². The molecule has 0 aromatic heterocycles. The molecule has 0 amide bonds. The van der Waals surface area contributed by atoms with Crippen LogP contribution in [0, 0.1) is 0 Å². The topological polar surface area (TPSA) is 58.7 Å². The summed E-state index contributed by atoms with van der Waals surface area (Å²) in [5, 5.41) is 9.53. The molecule has 3 N–H and O–H groups in total. The second-order valence-corrected chi connectivity index (χ2v) is 5.57. The van der Waals surface area contributed by atoms with Crippen LogP contribution in [-0.4, -0.2) is 49.0 Å². The van der Waals surface area contributed by atoms with Crippen LogP contribution >= 0.6 is 11.6 Å². The number of halogens is 1. The lowest BCUT2D eigenvalue weighted by Gasteiger charge is -2.37. The minimum Gasteiger partial charge on any atom is -0.394 e. The van der Waals surface area contributed by atoms with Crippen molar-refractivity contribution in [1.82, 2.24) is 4.90 Å². The fourth-order valence-electron chi connectivity index (χ4n) is 2.75. The first-order valence-electron chi connectivity index (χ1n) is 7.16. The number of aliphatic hydroxyl groups is 1. The summed E-state index contributed by atoms with van der Waals surface area (Å²) >= 11 is 5.93. The molecule has 1 aliphatic heterocycles. The first kappa shape index (κ1) is 15.7. The summed E-state index contributed by atoms with van der Waals surface area (Å²) in [7, 11) is 0. The summed E-state index contributed by atoms with van der Waals surface area (Å²) in [5.41, 5.74) is 7.16. The molecule has 0 spiro atoms. The quantitative estimate of drug-likeness (QED) is 0.841. The Morgan fingerprint density at radius 2 is 1.95 bits per heavy atom. The van der Waals surface area contributed by atoms with Gasteiger partial charge in [-0.05, 0) is 30.5 Å². The number of aliphatic hydroxyl groups excluding tert-OH is 1. The zero-order valence-electron chi connectivity index (χ0n) is 11.7. The zero-order chi connectivity index (χ0) is 14.4. The average molecular weight is 299 g/mol. The van der Waals surface area contributed by atoms with Gasteiger partial charge in [0, 0.05) is 30.7 Å². The maximum atomic E-state index is 8.78. The minimum absolute atomic E-state index is 0.0937. The number of likely N-dealkylation sites (tertiary alicyclic amines) is 1. The Labute approximate surface area is 125 Å². The predicted molar refractivity (Wildman–Crippen MR) is 80.9 cm³/mol. The second kappa shape index (κ2) is 7.96. The van der Waals surface area contributed by atoms with Gasteiger partial charge in [0.2, 0.25) is 0 Å². The Morgan fingerprint density at radius 1 is 1.30 bits per heavy atom. The minimum atomic E-state index is 0.0937. The summed E-state index contributed by atoms with van der Waals surface area (Å²) in [6.07, 6.45) is 2.25. The van der Waals surface area contributed by atoms with Crippen molar-refractivity contribution in [3.63, 3.8) is 0 Å². The number of hydrogen-bond donors (Lipinski definition) is 2. The maximum absolute atomic E-state index is 8.78. The highest BCUT2D eigenvalue weighted by molar-refractivity contribution is 6.30. The van der Waals surface area contributed by atoms with Gasteiger partial charge in [-0.15, -0.1) is 0 Å². The lowest BCUT2D eigenvalue weighted by atomic mass is 10.0. The summed E-state index contributed by atoms with van der Waals surface area (Å²) in [6.45, 7) is 3.07. The normalized spacial score (nSPS) is 19.1. The molecule has 1 aromatic rings. The highest BCUT2D eigenvalue weighted by Crippen LogP contribution is 2.25. The third-order valence-corrected chi connectivity index (χ3v) is 4.09. The Morgan fingerprint density at radius 3 is 2.50 bits per heavy atom. The Hall–Kier alpha value is -0.650. The molecule has 1 heterocycles. The van der Waals surface area contributed by atoms with Crippen LogP contribution in [0.5, 0.6) is 0 Å². The summed E-state index contributed by atoms with van der Waals surface area (Å²) in [5.74, 6) is 0. The Bertz CT molecular complexity index is 391. The molecule has 1 aliphatic rings. The van der Waals surface area contributed by atoms with E-state index in [1.807, 2.05) is 24.3 Å². The van der Waals surface area contributed by atoms with Crippen LogP contribution in [0.2, 0.25) is 5.02 Å². The van der Waals surface area contributed by atoms with Crippen LogP contribution in [0.3, 0.4) is 0 Å². The van der Waals surface area contributed by atoms with Gasteiger partial charge >= 0.3 is 0 Å². The molecular weight excluding hydrogens is 276 g/mol. The number of benzene rings is 1. The van der Waals surface area contributed by atoms with Gasteiger partial charge in [-0.2, -0.15) is 0 Å². The zero-order valence-corrected chi connectivity index (χ0v) is 12.4. The van der Waals surface area contributed by atoms with Crippen LogP contribution in [0.25, 0.3) is 0 Å². The predicted octanol–water partition coefficient (Wildman–Crippen LogP) is 1.81. The van der Waals surface area contributed by atoms with Gasteiger partial charge in [-0.25, -0.2) is 0 Å². The third-order valence-electron chi connectivity index (χ3n) is 3.84. The van der Waals surface area contributed by atoms with E-state index in [9.17, 15) is 0 Å². The van der Waals surface area contributed by atoms with Gasteiger partial charge in [0.25, 0.3) is 0 Å². The first-order valence-corrected chi connectivity index (χ1v) is 7.54. The van der Waals surface area contributed by atoms with E-state index in [2.05, 4.69) is 4.90 Å². The highest BCUT2D eigenvalue weighted by Gasteiger charge is 2.25. The largest absolute Gasteiger partial charge is 0.394 e. The van der Waals surface area contributed by atoms with Gasteiger partial charge in [-0.1, -0.05) is 23.7 Å². The van der Waals surface area contributed by atoms with E-state index in [1.165, 1.54) is 5.56 Å². The van der Waals surface area contributed by atoms with E-state index < -0.39 is 0 Å². The van der Waals surface area contributed by atoms with E-state index in [0.717, 1.165) is 31.0 Å². The molecule has 1 unspecified atom stereocenters. The fourth-order valence-corrected chi connectivity index (χ4v) is 2.88. The van der Waals surface area contributed by atoms with E-state index >= 15 is 0 Å².